The summed E-state index contributed by atoms with van der Waals surface area (Å²) in [5.41, 5.74) is -0.998. The largest absolute Gasteiger partial charge is 0.487 e. The zero-order valence-electron chi connectivity index (χ0n) is 12.8. The minimum absolute atomic E-state index is 0.246. The lowest BCUT2D eigenvalue weighted by molar-refractivity contribution is -0.150. The summed E-state index contributed by atoms with van der Waals surface area (Å²) >= 11 is 1.09. The maximum absolute atomic E-state index is 12.6. The number of carbonyl (C=O) groups is 1. The summed E-state index contributed by atoms with van der Waals surface area (Å²) in [6, 6.07) is 3.16. The molecule has 0 amide bonds. The maximum Gasteiger partial charge on any atom is 0.323 e. The van der Waals surface area contributed by atoms with Crippen LogP contribution in [-0.4, -0.2) is 67.5 Å². The number of sulfonamides is 1. The Bertz CT molecular complexity index is 645. The van der Waals surface area contributed by atoms with Gasteiger partial charge >= 0.3 is 5.97 Å². The van der Waals surface area contributed by atoms with Gasteiger partial charge in [0.25, 0.3) is 10.0 Å². The monoisotopic (exact) mass is 348 g/mol. The number of ether oxygens (including phenoxy) is 1. The van der Waals surface area contributed by atoms with Crippen molar-refractivity contribution in [2.24, 2.45) is 0 Å². The summed E-state index contributed by atoms with van der Waals surface area (Å²) < 4.78 is 31.8. The molecule has 1 aliphatic rings. The molecule has 2 rings (SSSR count). The number of nitrogens with zero attached hydrogens (tertiary/aromatic N) is 2. The van der Waals surface area contributed by atoms with Crippen LogP contribution in [0.4, 0.5) is 0 Å². The van der Waals surface area contributed by atoms with Gasteiger partial charge in [-0.05, 0) is 26.0 Å². The quantitative estimate of drug-likeness (QED) is 0.852. The fraction of sp³-hybridized carbons (Fsp3) is 0.615. The molecule has 0 saturated carbocycles. The minimum atomic E-state index is -3.54. The molecule has 0 aromatic carbocycles. The normalized spacial score (nSPS) is 18.3. The van der Waals surface area contributed by atoms with Crippen molar-refractivity contribution in [2.45, 2.75) is 23.6 Å². The third kappa shape index (κ3) is 3.12. The van der Waals surface area contributed by atoms with Gasteiger partial charge in [0.1, 0.15) is 9.75 Å². The maximum atomic E-state index is 12.6. The summed E-state index contributed by atoms with van der Waals surface area (Å²) in [6.45, 7) is 4.59. The molecule has 1 fully saturated rings. The average molecular weight is 348 g/mol. The summed E-state index contributed by atoms with van der Waals surface area (Å²) in [5.74, 6) is -0.910. The highest BCUT2D eigenvalue weighted by Gasteiger charge is 2.39. The Morgan fingerprint density at radius 1 is 1.27 bits per heavy atom. The number of carboxylic acid groups (broad SMARTS) is 1. The summed E-state index contributed by atoms with van der Waals surface area (Å²) in [7, 11) is -2.05. The summed E-state index contributed by atoms with van der Waals surface area (Å²) in [5, 5.41) is 9.79. The van der Waals surface area contributed by atoms with Crippen LogP contribution in [0.5, 0.6) is 5.06 Å². The van der Waals surface area contributed by atoms with Gasteiger partial charge in [0, 0.05) is 26.2 Å². The Hall–Kier alpha value is -1.16. The SMILES string of the molecule is COc1ccc(S(=O)(=O)N2CCN(C(C)(C)C(=O)O)CC2)s1. The molecule has 1 aromatic rings. The molecule has 2 heterocycles. The zero-order valence-corrected chi connectivity index (χ0v) is 14.4. The predicted octanol–water partition coefficient (Wildman–Crippen LogP) is 0.926. The van der Waals surface area contributed by atoms with Gasteiger partial charge < -0.3 is 9.84 Å². The van der Waals surface area contributed by atoms with Gasteiger partial charge in [0.15, 0.2) is 5.06 Å². The smallest absolute Gasteiger partial charge is 0.323 e. The Labute approximate surface area is 134 Å². The lowest BCUT2D eigenvalue weighted by Gasteiger charge is -2.40. The number of methoxy groups -OCH3 is 1. The first-order valence-corrected chi connectivity index (χ1v) is 9.07. The van der Waals surface area contributed by atoms with E-state index in [4.69, 9.17) is 4.74 Å². The molecule has 1 N–H and O–H groups in total. The van der Waals surface area contributed by atoms with Gasteiger partial charge in [-0.2, -0.15) is 4.31 Å². The highest BCUT2D eigenvalue weighted by Crippen LogP contribution is 2.30. The van der Waals surface area contributed by atoms with Crippen LogP contribution in [0.15, 0.2) is 16.3 Å². The molecule has 0 aliphatic carbocycles. The number of rotatable bonds is 5. The minimum Gasteiger partial charge on any atom is -0.487 e. The second-order valence-electron chi connectivity index (χ2n) is 5.53. The molecular formula is C13H20N2O5S2. The second-order valence-corrected chi connectivity index (χ2v) is 8.74. The van der Waals surface area contributed by atoms with Crippen LogP contribution < -0.4 is 4.74 Å². The van der Waals surface area contributed by atoms with E-state index < -0.39 is 21.5 Å². The van der Waals surface area contributed by atoms with Crippen LogP contribution in [-0.2, 0) is 14.8 Å². The third-order valence-electron chi connectivity index (χ3n) is 3.90. The van der Waals surface area contributed by atoms with Crippen molar-refractivity contribution in [3.63, 3.8) is 0 Å². The van der Waals surface area contributed by atoms with E-state index in [9.17, 15) is 18.3 Å². The van der Waals surface area contributed by atoms with Gasteiger partial charge in [-0.25, -0.2) is 8.42 Å². The Kier molecular flexibility index (Phi) is 4.81. The summed E-state index contributed by atoms with van der Waals surface area (Å²) in [6.07, 6.45) is 0. The molecule has 0 bridgehead atoms. The van der Waals surface area contributed by atoms with Crippen molar-refractivity contribution in [1.82, 2.24) is 9.21 Å². The Balaban J connectivity index is 2.09. The molecule has 0 spiro atoms. The fourth-order valence-corrected chi connectivity index (χ4v) is 4.98. The molecule has 0 radical (unpaired) electrons. The van der Waals surface area contributed by atoms with E-state index in [0.717, 1.165) is 11.3 Å². The van der Waals surface area contributed by atoms with Gasteiger partial charge in [-0.15, -0.1) is 0 Å². The van der Waals surface area contributed by atoms with Gasteiger partial charge in [0.05, 0.1) is 7.11 Å². The van der Waals surface area contributed by atoms with Crippen molar-refractivity contribution >= 4 is 27.3 Å². The van der Waals surface area contributed by atoms with E-state index in [1.54, 1.807) is 24.8 Å². The van der Waals surface area contributed by atoms with Crippen LogP contribution in [0.2, 0.25) is 0 Å². The first kappa shape index (κ1) is 17.2. The van der Waals surface area contributed by atoms with Gasteiger partial charge in [-0.1, -0.05) is 11.3 Å². The van der Waals surface area contributed by atoms with Gasteiger partial charge in [0.2, 0.25) is 0 Å². The molecule has 1 aliphatic heterocycles. The molecule has 1 saturated heterocycles. The number of thiophene rings is 1. The average Bonchev–Trinajstić information content (AvgIpc) is 2.97. The molecule has 124 valence electrons. The van der Waals surface area contributed by atoms with Crippen LogP contribution in [0.25, 0.3) is 0 Å². The summed E-state index contributed by atoms with van der Waals surface area (Å²) in [4.78, 5) is 13.1. The van der Waals surface area contributed by atoms with Crippen LogP contribution in [0, 0.1) is 0 Å². The zero-order chi connectivity index (χ0) is 16.5. The van der Waals surface area contributed by atoms with Crippen molar-refractivity contribution in [3.8, 4) is 5.06 Å². The van der Waals surface area contributed by atoms with Crippen LogP contribution in [0.1, 0.15) is 13.8 Å². The lowest BCUT2D eigenvalue weighted by atomic mass is 10.0. The first-order chi connectivity index (χ1) is 10.2. The standard InChI is InChI=1S/C13H20N2O5S2/c1-13(2,12(16)17)14-6-8-15(9-7-14)22(18,19)11-5-4-10(20-3)21-11/h4-5H,6-9H2,1-3H3,(H,16,17). The highest BCUT2D eigenvalue weighted by molar-refractivity contribution is 7.91. The molecule has 7 nitrogen and oxygen atoms in total. The van der Waals surface area contributed by atoms with E-state index in [1.165, 1.54) is 17.5 Å². The number of carboxylic acids is 1. The second kappa shape index (κ2) is 6.15. The molecule has 1 aromatic heterocycles. The highest BCUT2D eigenvalue weighted by atomic mass is 32.2. The fourth-order valence-electron chi connectivity index (χ4n) is 2.30. The van der Waals surface area contributed by atoms with E-state index in [-0.39, 0.29) is 17.3 Å². The van der Waals surface area contributed by atoms with E-state index in [0.29, 0.717) is 18.2 Å². The number of piperazine rings is 1. The van der Waals surface area contributed by atoms with E-state index in [1.807, 2.05) is 0 Å². The topological polar surface area (TPSA) is 87.2 Å². The van der Waals surface area contributed by atoms with Crippen molar-refractivity contribution in [3.05, 3.63) is 12.1 Å². The Morgan fingerprint density at radius 2 is 1.86 bits per heavy atom. The lowest BCUT2D eigenvalue weighted by Crippen LogP contribution is -2.58. The number of aliphatic carboxylic acids is 1. The molecule has 0 atom stereocenters. The van der Waals surface area contributed by atoms with E-state index >= 15 is 0 Å². The molecule has 22 heavy (non-hydrogen) atoms. The predicted molar refractivity (Wildman–Crippen MR) is 82.9 cm³/mol. The van der Waals surface area contributed by atoms with Crippen LogP contribution in [0.3, 0.4) is 0 Å². The number of hydrogen-bond donors (Lipinski definition) is 1. The van der Waals surface area contributed by atoms with Crippen molar-refractivity contribution < 1.29 is 23.1 Å². The first-order valence-electron chi connectivity index (χ1n) is 6.82. The van der Waals surface area contributed by atoms with Gasteiger partial charge in [-0.3, -0.25) is 9.69 Å². The molecule has 9 heteroatoms. The van der Waals surface area contributed by atoms with Crippen molar-refractivity contribution in [2.75, 3.05) is 33.3 Å². The van der Waals surface area contributed by atoms with Crippen LogP contribution >= 0.6 is 11.3 Å². The molecule has 0 unspecified atom stereocenters. The van der Waals surface area contributed by atoms with Crippen molar-refractivity contribution in [1.29, 1.82) is 0 Å². The Morgan fingerprint density at radius 3 is 2.32 bits per heavy atom. The van der Waals surface area contributed by atoms with E-state index in [2.05, 4.69) is 0 Å². The third-order valence-corrected chi connectivity index (χ3v) is 7.32. The molecular weight excluding hydrogens is 328 g/mol. The number of hydrogen-bond acceptors (Lipinski definition) is 6.